The Labute approximate surface area is 97.5 Å². The van der Waals surface area contributed by atoms with Crippen molar-refractivity contribution in [2.24, 2.45) is 4.99 Å². The lowest BCUT2D eigenvalue weighted by molar-refractivity contribution is 0.249. The topological polar surface area (TPSA) is 58.5 Å². The van der Waals surface area contributed by atoms with Gasteiger partial charge >= 0.3 is 6.03 Å². The van der Waals surface area contributed by atoms with Gasteiger partial charge < -0.3 is 5.32 Å². The van der Waals surface area contributed by atoms with Gasteiger partial charge in [0.2, 0.25) is 6.08 Å². The van der Waals surface area contributed by atoms with Crippen LogP contribution in [0.4, 0.5) is 4.79 Å². The number of unbranched alkanes of at least 4 members (excludes halogenated alkanes) is 7. The van der Waals surface area contributed by atoms with Gasteiger partial charge in [0.15, 0.2) is 0 Å². The molecule has 0 heterocycles. The molecule has 0 aliphatic rings. The molecule has 4 nitrogen and oxygen atoms in total. The lowest BCUT2D eigenvalue weighted by Gasteiger charge is -2.01. The molecular weight excluding hydrogens is 204 g/mol. The van der Waals surface area contributed by atoms with Gasteiger partial charge in [0, 0.05) is 6.54 Å². The van der Waals surface area contributed by atoms with Crippen molar-refractivity contribution >= 4 is 12.1 Å². The van der Waals surface area contributed by atoms with Crippen LogP contribution in [0.2, 0.25) is 0 Å². The molecule has 0 spiro atoms. The third-order valence-corrected chi connectivity index (χ3v) is 2.45. The predicted molar refractivity (Wildman–Crippen MR) is 64.1 cm³/mol. The smallest absolute Gasteiger partial charge is 0.336 e. The molecule has 2 amide bonds. The third-order valence-electron chi connectivity index (χ3n) is 2.45. The monoisotopic (exact) mass is 226 g/mol. The standard InChI is InChI=1S/C12H22N2O2/c1-2-3-4-5-6-7-8-9-10-13-12(16)14-11-15/h2-10H2,1H3,(H,13,16). The van der Waals surface area contributed by atoms with E-state index in [9.17, 15) is 9.59 Å². The molecule has 0 saturated heterocycles. The number of nitrogens with zero attached hydrogens (tertiary/aromatic N) is 1. The van der Waals surface area contributed by atoms with Gasteiger partial charge in [-0.15, -0.1) is 4.99 Å². The Bertz CT molecular complexity index is 223. The lowest BCUT2D eigenvalue weighted by atomic mass is 10.1. The number of aliphatic imine (C=N–C) groups is 1. The van der Waals surface area contributed by atoms with E-state index in [1.165, 1.54) is 44.6 Å². The van der Waals surface area contributed by atoms with Gasteiger partial charge in [-0.1, -0.05) is 51.9 Å². The Morgan fingerprint density at radius 1 is 1.06 bits per heavy atom. The first-order valence-electron chi connectivity index (χ1n) is 6.17. The summed E-state index contributed by atoms with van der Waals surface area (Å²) in [5.74, 6) is 0. The molecule has 0 aliphatic heterocycles. The van der Waals surface area contributed by atoms with E-state index in [4.69, 9.17) is 0 Å². The number of nitrogens with one attached hydrogen (secondary N) is 1. The molecule has 0 aromatic carbocycles. The van der Waals surface area contributed by atoms with Crippen molar-refractivity contribution in [2.45, 2.75) is 58.3 Å². The third kappa shape index (κ3) is 10.9. The minimum Gasteiger partial charge on any atom is -0.336 e. The van der Waals surface area contributed by atoms with Crippen molar-refractivity contribution in [3.8, 4) is 0 Å². The van der Waals surface area contributed by atoms with E-state index in [1.807, 2.05) is 0 Å². The number of urea groups is 1. The van der Waals surface area contributed by atoms with Crippen molar-refractivity contribution in [3.63, 3.8) is 0 Å². The number of isocyanates is 1. The number of rotatable bonds is 9. The summed E-state index contributed by atoms with van der Waals surface area (Å²) in [5.41, 5.74) is 0. The van der Waals surface area contributed by atoms with E-state index < -0.39 is 6.03 Å². The minimum atomic E-state index is -0.585. The maximum atomic E-state index is 10.7. The van der Waals surface area contributed by atoms with Gasteiger partial charge in [-0.3, -0.25) is 0 Å². The van der Waals surface area contributed by atoms with Crippen molar-refractivity contribution in [2.75, 3.05) is 6.54 Å². The maximum absolute atomic E-state index is 10.7. The van der Waals surface area contributed by atoms with E-state index in [-0.39, 0.29) is 0 Å². The molecule has 92 valence electrons. The van der Waals surface area contributed by atoms with Crippen LogP contribution in [0.25, 0.3) is 0 Å². The Morgan fingerprint density at radius 3 is 2.19 bits per heavy atom. The Morgan fingerprint density at radius 2 is 1.62 bits per heavy atom. The van der Waals surface area contributed by atoms with Crippen LogP contribution in [-0.4, -0.2) is 18.7 Å². The van der Waals surface area contributed by atoms with E-state index in [0.29, 0.717) is 6.54 Å². The molecular formula is C12H22N2O2. The Balaban J connectivity index is 3.09. The molecule has 0 atom stereocenters. The first-order valence-corrected chi connectivity index (χ1v) is 6.17. The van der Waals surface area contributed by atoms with Crippen LogP contribution in [0, 0.1) is 0 Å². The Hall–Kier alpha value is -1.15. The molecule has 0 aromatic rings. The molecule has 0 aliphatic carbocycles. The fraction of sp³-hybridized carbons (Fsp3) is 0.833. The van der Waals surface area contributed by atoms with Crippen LogP contribution in [-0.2, 0) is 4.79 Å². The quantitative estimate of drug-likeness (QED) is 0.373. The number of carbonyl (C=O) groups excluding carboxylic acids is 2. The summed E-state index contributed by atoms with van der Waals surface area (Å²) in [6.45, 7) is 2.81. The fourth-order valence-corrected chi connectivity index (χ4v) is 1.54. The first kappa shape index (κ1) is 14.8. The molecule has 0 rings (SSSR count). The SMILES string of the molecule is CCCCCCCCCCNC(=O)N=C=O. The first-order chi connectivity index (χ1) is 7.81. The number of carbonyl (C=O) groups is 1. The molecule has 0 fully saturated rings. The molecule has 4 heteroatoms. The average Bonchev–Trinajstić information content (AvgIpc) is 2.27. The van der Waals surface area contributed by atoms with Crippen LogP contribution in [0.3, 0.4) is 0 Å². The zero-order valence-corrected chi connectivity index (χ0v) is 10.1. The van der Waals surface area contributed by atoms with Crippen LogP contribution >= 0.6 is 0 Å². The normalized spacial score (nSPS) is 9.56. The molecule has 0 saturated carbocycles. The molecule has 0 unspecified atom stereocenters. The van der Waals surface area contributed by atoms with E-state index in [0.717, 1.165) is 12.8 Å². The molecule has 0 aromatic heterocycles. The van der Waals surface area contributed by atoms with Gasteiger partial charge in [0.25, 0.3) is 0 Å². The van der Waals surface area contributed by atoms with Gasteiger partial charge in [-0.05, 0) is 6.42 Å². The van der Waals surface area contributed by atoms with E-state index in [1.54, 1.807) is 0 Å². The van der Waals surface area contributed by atoms with Crippen molar-refractivity contribution in [1.29, 1.82) is 0 Å². The van der Waals surface area contributed by atoms with Crippen LogP contribution in [0.5, 0.6) is 0 Å². The highest BCUT2D eigenvalue weighted by Gasteiger charge is 1.95. The summed E-state index contributed by atoms with van der Waals surface area (Å²) in [6.07, 6.45) is 11.0. The Kier molecular flexibility index (Phi) is 11.1. The molecule has 0 bridgehead atoms. The summed E-state index contributed by atoms with van der Waals surface area (Å²) < 4.78 is 0. The van der Waals surface area contributed by atoms with Crippen LogP contribution < -0.4 is 5.32 Å². The zero-order chi connectivity index (χ0) is 12.1. The largest absolute Gasteiger partial charge is 0.351 e. The highest BCUT2D eigenvalue weighted by molar-refractivity contribution is 5.79. The fourth-order valence-electron chi connectivity index (χ4n) is 1.54. The van der Waals surface area contributed by atoms with Gasteiger partial charge in [-0.2, -0.15) is 0 Å². The lowest BCUT2D eigenvalue weighted by Crippen LogP contribution is -2.20. The van der Waals surface area contributed by atoms with Gasteiger partial charge in [0.05, 0.1) is 0 Å². The van der Waals surface area contributed by atoms with Crippen LogP contribution in [0.15, 0.2) is 4.99 Å². The van der Waals surface area contributed by atoms with Crippen molar-refractivity contribution in [3.05, 3.63) is 0 Å². The van der Waals surface area contributed by atoms with Crippen molar-refractivity contribution in [1.82, 2.24) is 5.32 Å². The van der Waals surface area contributed by atoms with Crippen molar-refractivity contribution < 1.29 is 9.59 Å². The number of hydrogen-bond donors (Lipinski definition) is 1. The van der Waals surface area contributed by atoms with Gasteiger partial charge in [0.1, 0.15) is 0 Å². The number of amides is 2. The second-order valence-electron chi connectivity index (χ2n) is 3.91. The summed E-state index contributed by atoms with van der Waals surface area (Å²) >= 11 is 0. The summed E-state index contributed by atoms with van der Waals surface area (Å²) in [7, 11) is 0. The highest BCUT2D eigenvalue weighted by Crippen LogP contribution is 2.07. The zero-order valence-electron chi connectivity index (χ0n) is 10.1. The van der Waals surface area contributed by atoms with Gasteiger partial charge in [-0.25, -0.2) is 9.59 Å². The summed E-state index contributed by atoms with van der Waals surface area (Å²) in [5, 5.41) is 2.53. The second kappa shape index (κ2) is 11.9. The molecule has 16 heavy (non-hydrogen) atoms. The molecule has 0 radical (unpaired) electrons. The maximum Gasteiger partial charge on any atom is 0.351 e. The minimum absolute atomic E-state index is 0.585. The average molecular weight is 226 g/mol. The predicted octanol–water partition coefficient (Wildman–Crippen LogP) is 3.17. The summed E-state index contributed by atoms with van der Waals surface area (Å²) in [4.78, 5) is 23.4. The van der Waals surface area contributed by atoms with Crippen LogP contribution in [0.1, 0.15) is 58.3 Å². The van der Waals surface area contributed by atoms with E-state index in [2.05, 4.69) is 17.2 Å². The van der Waals surface area contributed by atoms with E-state index >= 15 is 0 Å². The number of hydrogen-bond acceptors (Lipinski definition) is 2. The molecule has 1 N–H and O–H groups in total. The second-order valence-corrected chi connectivity index (χ2v) is 3.91. The summed E-state index contributed by atoms with van der Waals surface area (Å²) in [6, 6.07) is -0.585. The highest BCUT2D eigenvalue weighted by atomic mass is 16.2.